The molecule has 1 heterocycles. The molecule has 1 rings (SSSR count). The third-order valence-electron chi connectivity index (χ3n) is 2.54. The van der Waals surface area contributed by atoms with E-state index < -0.39 is 16.4 Å². The summed E-state index contributed by atoms with van der Waals surface area (Å²) in [5, 5.41) is 12.8. The Balaban J connectivity index is 2.32. The highest BCUT2D eigenvalue weighted by Gasteiger charge is 2.20. The molecule has 1 aliphatic heterocycles. The predicted molar refractivity (Wildman–Crippen MR) is 59.5 cm³/mol. The van der Waals surface area contributed by atoms with Crippen LogP contribution in [-0.4, -0.2) is 79.7 Å². The lowest BCUT2D eigenvalue weighted by molar-refractivity contribution is 0.0911. The zero-order valence-corrected chi connectivity index (χ0v) is 10.2. The molecule has 0 amide bonds. The van der Waals surface area contributed by atoms with Crippen LogP contribution in [0.25, 0.3) is 0 Å². The molecule has 0 bridgehead atoms. The first kappa shape index (κ1) is 13.8. The van der Waals surface area contributed by atoms with Crippen LogP contribution in [-0.2, 0) is 10.3 Å². The van der Waals surface area contributed by atoms with Gasteiger partial charge in [-0.15, -0.1) is 0 Å². The van der Waals surface area contributed by atoms with Crippen molar-refractivity contribution in [3.05, 3.63) is 0 Å². The standard InChI is InChI=1S/C8H19N3O4S/c1-10(16(13,14)15)6-8(12)7-11-4-2-9-3-5-11/h8-9,12H,2-7H2,1H3,(H,13,14,15)/t8-/m0/s1. The van der Waals surface area contributed by atoms with Crippen molar-refractivity contribution in [3.8, 4) is 0 Å². The highest BCUT2D eigenvalue weighted by molar-refractivity contribution is 7.83. The minimum absolute atomic E-state index is 0.0945. The van der Waals surface area contributed by atoms with Crippen molar-refractivity contribution in [2.45, 2.75) is 6.10 Å². The van der Waals surface area contributed by atoms with E-state index in [-0.39, 0.29) is 6.54 Å². The summed E-state index contributed by atoms with van der Waals surface area (Å²) in [4.78, 5) is 2.05. The van der Waals surface area contributed by atoms with E-state index in [2.05, 4.69) is 10.2 Å². The summed E-state index contributed by atoms with van der Waals surface area (Å²) in [6.45, 7) is 3.76. The van der Waals surface area contributed by atoms with Crippen molar-refractivity contribution in [2.75, 3.05) is 46.3 Å². The van der Waals surface area contributed by atoms with Gasteiger partial charge in [-0.2, -0.15) is 12.7 Å². The monoisotopic (exact) mass is 253 g/mol. The molecule has 8 heteroatoms. The smallest absolute Gasteiger partial charge is 0.335 e. The quantitative estimate of drug-likeness (QED) is 0.490. The molecule has 96 valence electrons. The van der Waals surface area contributed by atoms with Crippen molar-refractivity contribution in [1.82, 2.24) is 14.5 Å². The Hall–Kier alpha value is -0.250. The maximum atomic E-state index is 10.7. The first-order chi connectivity index (χ1) is 7.39. The molecular formula is C8H19N3O4S. The second-order valence-electron chi connectivity index (χ2n) is 3.96. The highest BCUT2D eigenvalue weighted by Crippen LogP contribution is 1.99. The number of β-amino-alcohol motifs (C(OH)–C–C–N with tert-alkyl or cyclic N) is 1. The Kier molecular flexibility index (Phi) is 5.09. The molecule has 0 aromatic rings. The van der Waals surface area contributed by atoms with Gasteiger partial charge in [0.25, 0.3) is 0 Å². The van der Waals surface area contributed by atoms with E-state index in [0.717, 1.165) is 30.5 Å². The number of hydrogen-bond donors (Lipinski definition) is 3. The average Bonchev–Trinajstić information content (AvgIpc) is 2.17. The summed E-state index contributed by atoms with van der Waals surface area (Å²) in [7, 11) is -2.96. The van der Waals surface area contributed by atoms with Gasteiger partial charge in [-0.25, -0.2) is 0 Å². The molecule has 0 spiro atoms. The van der Waals surface area contributed by atoms with Crippen molar-refractivity contribution in [1.29, 1.82) is 0 Å². The van der Waals surface area contributed by atoms with E-state index in [1.54, 1.807) is 0 Å². The Morgan fingerprint density at radius 2 is 2.00 bits per heavy atom. The van der Waals surface area contributed by atoms with Gasteiger partial charge in [0.05, 0.1) is 6.10 Å². The molecule has 7 nitrogen and oxygen atoms in total. The lowest BCUT2D eigenvalue weighted by Crippen LogP contribution is -2.48. The summed E-state index contributed by atoms with van der Waals surface area (Å²) in [6.07, 6.45) is -0.787. The second-order valence-corrected chi connectivity index (χ2v) is 5.48. The number of piperazine rings is 1. The zero-order chi connectivity index (χ0) is 12.2. The van der Waals surface area contributed by atoms with E-state index in [0.29, 0.717) is 6.54 Å². The number of nitrogens with zero attached hydrogens (tertiary/aromatic N) is 2. The zero-order valence-electron chi connectivity index (χ0n) is 9.33. The molecule has 1 aliphatic rings. The molecule has 16 heavy (non-hydrogen) atoms. The summed E-state index contributed by atoms with van der Waals surface area (Å²) >= 11 is 0. The average molecular weight is 253 g/mol. The first-order valence-electron chi connectivity index (χ1n) is 5.19. The predicted octanol–water partition coefficient (Wildman–Crippen LogP) is -2.01. The maximum absolute atomic E-state index is 10.7. The van der Waals surface area contributed by atoms with Crippen LogP contribution >= 0.6 is 0 Å². The minimum Gasteiger partial charge on any atom is -0.390 e. The Bertz CT molecular complexity index is 302. The van der Waals surface area contributed by atoms with Gasteiger partial charge in [0, 0.05) is 46.3 Å². The number of rotatable bonds is 5. The van der Waals surface area contributed by atoms with Crippen LogP contribution in [0.1, 0.15) is 0 Å². The SMILES string of the molecule is CN(C[C@H](O)CN1CCNCC1)S(=O)(=O)O. The lowest BCUT2D eigenvalue weighted by atomic mass is 10.3. The number of aliphatic hydroxyl groups is 1. The fourth-order valence-corrected chi connectivity index (χ4v) is 2.00. The topological polar surface area (TPSA) is 93.1 Å². The van der Waals surface area contributed by atoms with E-state index in [1.165, 1.54) is 7.05 Å². The number of nitrogens with one attached hydrogen (secondary N) is 1. The van der Waals surface area contributed by atoms with Crippen molar-refractivity contribution in [2.24, 2.45) is 0 Å². The van der Waals surface area contributed by atoms with Gasteiger partial charge in [-0.1, -0.05) is 0 Å². The molecule has 1 atom stereocenters. The van der Waals surface area contributed by atoms with Crippen molar-refractivity contribution >= 4 is 10.3 Å². The van der Waals surface area contributed by atoms with Crippen LogP contribution in [0.2, 0.25) is 0 Å². The third-order valence-corrected chi connectivity index (χ3v) is 3.48. The summed E-state index contributed by atoms with van der Waals surface area (Å²) in [6, 6.07) is 0. The lowest BCUT2D eigenvalue weighted by Gasteiger charge is -2.29. The van der Waals surface area contributed by atoms with Crippen molar-refractivity contribution in [3.63, 3.8) is 0 Å². The minimum atomic E-state index is -4.20. The van der Waals surface area contributed by atoms with E-state index >= 15 is 0 Å². The van der Waals surface area contributed by atoms with Crippen LogP contribution in [0.15, 0.2) is 0 Å². The fraction of sp³-hybridized carbons (Fsp3) is 1.00. The summed E-state index contributed by atoms with van der Waals surface area (Å²) < 4.78 is 30.9. The fourth-order valence-electron chi connectivity index (χ4n) is 1.64. The van der Waals surface area contributed by atoms with Gasteiger partial charge in [0.15, 0.2) is 0 Å². The molecule has 0 aromatic heterocycles. The largest absolute Gasteiger partial charge is 0.390 e. The van der Waals surface area contributed by atoms with Gasteiger partial charge in [-0.3, -0.25) is 9.45 Å². The molecular weight excluding hydrogens is 234 g/mol. The van der Waals surface area contributed by atoms with Gasteiger partial charge < -0.3 is 10.4 Å². The number of aliphatic hydroxyl groups excluding tert-OH is 1. The van der Waals surface area contributed by atoms with Gasteiger partial charge in [-0.05, 0) is 0 Å². The molecule has 0 radical (unpaired) electrons. The first-order valence-corrected chi connectivity index (χ1v) is 6.59. The molecule has 1 saturated heterocycles. The Morgan fingerprint density at radius 3 is 2.50 bits per heavy atom. The second kappa shape index (κ2) is 5.89. The molecule has 0 unspecified atom stereocenters. The van der Waals surface area contributed by atoms with E-state index in [1.807, 2.05) is 0 Å². The highest BCUT2D eigenvalue weighted by atomic mass is 32.2. The van der Waals surface area contributed by atoms with Crippen LogP contribution in [0.4, 0.5) is 0 Å². The van der Waals surface area contributed by atoms with Gasteiger partial charge in [0.1, 0.15) is 0 Å². The number of hydrogen-bond acceptors (Lipinski definition) is 5. The molecule has 0 saturated carbocycles. The molecule has 3 N–H and O–H groups in total. The van der Waals surface area contributed by atoms with E-state index in [4.69, 9.17) is 4.55 Å². The van der Waals surface area contributed by atoms with E-state index in [9.17, 15) is 13.5 Å². The molecule has 0 aliphatic carbocycles. The molecule has 1 fully saturated rings. The van der Waals surface area contributed by atoms with Crippen LogP contribution in [0, 0.1) is 0 Å². The van der Waals surface area contributed by atoms with Crippen LogP contribution in [0.5, 0.6) is 0 Å². The third kappa shape index (κ3) is 4.73. The maximum Gasteiger partial charge on any atom is 0.335 e. The molecule has 0 aromatic carbocycles. The number of likely N-dealkylation sites (N-methyl/N-ethyl adjacent to an activating group) is 1. The van der Waals surface area contributed by atoms with Gasteiger partial charge in [0.2, 0.25) is 0 Å². The van der Waals surface area contributed by atoms with Crippen molar-refractivity contribution < 1.29 is 18.1 Å². The summed E-state index contributed by atoms with van der Waals surface area (Å²) in [5.41, 5.74) is 0. The Labute approximate surface area is 95.9 Å². The van der Waals surface area contributed by atoms with Crippen LogP contribution in [0.3, 0.4) is 0 Å². The van der Waals surface area contributed by atoms with Crippen LogP contribution < -0.4 is 5.32 Å². The summed E-state index contributed by atoms with van der Waals surface area (Å²) in [5.74, 6) is 0. The Morgan fingerprint density at radius 1 is 1.44 bits per heavy atom. The van der Waals surface area contributed by atoms with Gasteiger partial charge >= 0.3 is 10.3 Å². The normalized spacial score (nSPS) is 21.2.